The van der Waals surface area contributed by atoms with Crippen molar-refractivity contribution in [1.29, 1.82) is 0 Å². The van der Waals surface area contributed by atoms with Crippen LogP contribution in [0.5, 0.6) is 5.75 Å². The lowest BCUT2D eigenvalue weighted by molar-refractivity contribution is -0.124. The van der Waals surface area contributed by atoms with Gasteiger partial charge in [0.15, 0.2) is 0 Å². The van der Waals surface area contributed by atoms with E-state index in [4.69, 9.17) is 10.5 Å². The number of methoxy groups -OCH3 is 1. The molecule has 6 heteroatoms. The predicted octanol–water partition coefficient (Wildman–Crippen LogP) is 1.00. The molecule has 0 spiro atoms. The van der Waals surface area contributed by atoms with Gasteiger partial charge in [0.1, 0.15) is 11.8 Å². The molecule has 3 amide bonds. The molecule has 0 saturated carbocycles. The molecular formula is C14H21N3O3. The zero-order chi connectivity index (χ0) is 15.1. The van der Waals surface area contributed by atoms with Crippen LogP contribution >= 0.6 is 0 Å². The van der Waals surface area contributed by atoms with E-state index in [-0.39, 0.29) is 11.8 Å². The van der Waals surface area contributed by atoms with Gasteiger partial charge >= 0.3 is 6.03 Å². The molecule has 0 aliphatic carbocycles. The van der Waals surface area contributed by atoms with Crippen LogP contribution in [0.2, 0.25) is 0 Å². The molecule has 20 heavy (non-hydrogen) atoms. The largest absolute Gasteiger partial charge is 0.497 e. The first-order chi connectivity index (χ1) is 9.43. The average molecular weight is 279 g/mol. The molecule has 0 heterocycles. The summed E-state index contributed by atoms with van der Waals surface area (Å²) in [7, 11) is 1.60. The Labute approximate surface area is 118 Å². The Balaban J connectivity index is 2.57. The van der Waals surface area contributed by atoms with Crippen LogP contribution in [0.1, 0.15) is 19.4 Å². The lowest BCUT2D eigenvalue weighted by Gasteiger charge is -2.20. The Morgan fingerprint density at radius 2 is 1.85 bits per heavy atom. The molecular weight excluding hydrogens is 258 g/mol. The van der Waals surface area contributed by atoms with Gasteiger partial charge in [0, 0.05) is 6.54 Å². The molecule has 110 valence electrons. The number of hydrogen-bond acceptors (Lipinski definition) is 3. The number of ether oxygens (including phenoxy) is 1. The molecule has 0 fully saturated rings. The monoisotopic (exact) mass is 279 g/mol. The van der Waals surface area contributed by atoms with Gasteiger partial charge in [-0.25, -0.2) is 4.79 Å². The second-order valence-electron chi connectivity index (χ2n) is 4.80. The van der Waals surface area contributed by atoms with E-state index in [0.717, 1.165) is 11.3 Å². The van der Waals surface area contributed by atoms with Crippen LogP contribution < -0.4 is 21.1 Å². The fourth-order valence-electron chi connectivity index (χ4n) is 1.73. The van der Waals surface area contributed by atoms with Crippen LogP contribution in [0.25, 0.3) is 0 Å². The lowest BCUT2D eigenvalue weighted by atomic mass is 10.0. The van der Waals surface area contributed by atoms with Gasteiger partial charge in [-0.05, 0) is 23.6 Å². The minimum atomic E-state index is -0.705. The van der Waals surface area contributed by atoms with Gasteiger partial charge < -0.3 is 21.1 Å². The summed E-state index contributed by atoms with van der Waals surface area (Å²) < 4.78 is 5.06. The Kier molecular flexibility index (Phi) is 5.83. The summed E-state index contributed by atoms with van der Waals surface area (Å²) in [5.74, 6) is 0.462. The maximum Gasteiger partial charge on any atom is 0.312 e. The van der Waals surface area contributed by atoms with Gasteiger partial charge in [-0.15, -0.1) is 0 Å². The Hall–Kier alpha value is -2.24. The van der Waals surface area contributed by atoms with E-state index in [1.165, 1.54) is 0 Å². The highest BCUT2D eigenvalue weighted by Crippen LogP contribution is 2.11. The molecule has 0 aliphatic rings. The molecule has 1 aromatic carbocycles. The van der Waals surface area contributed by atoms with E-state index < -0.39 is 12.1 Å². The van der Waals surface area contributed by atoms with Gasteiger partial charge in [-0.1, -0.05) is 26.0 Å². The summed E-state index contributed by atoms with van der Waals surface area (Å²) in [6.45, 7) is 4.06. The van der Waals surface area contributed by atoms with Crippen LogP contribution in [0.3, 0.4) is 0 Å². The van der Waals surface area contributed by atoms with Crippen molar-refractivity contribution in [3.05, 3.63) is 29.8 Å². The first-order valence-corrected chi connectivity index (χ1v) is 6.40. The topological polar surface area (TPSA) is 93.4 Å². The van der Waals surface area contributed by atoms with E-state index >= 15 is 0 Å². The number of carbonyl (C=O) groups is 2. The molecule has 1 aromatic rings. The summed E-state index contributed by atoms with van der Waals surface area (Å²) in [5.41, 5.74) is 6.01. The normalized spacial score (nSPS) is 11.8. The van der Waals surface area contributed by atoms with Gasteiger partial charge in [0.25, 0.3) is 0 Å². The quantitative estimate of drug-likeness (QED) is 0.725. The third-order valence-corrected chi connectivity index (χ3v) is 2.87. The number of nitrogens with one attached hydrogen (secondary N) is 2. The number of primary amides is 1. The van der Waals surface area contributed by atoms with Crippen LogP contribution in [0.4, 0.5) is 4.79 Å². The standard InChI is InChI=1S/C14H21N3O3/c1-9(2)12(17-14(15)19)13(18)16-8-10-4-6-11(20-3)7-5-10/h4-7,9,12H,8H2,1-3H3,(H,16,18)(H3,15,17,19). The number of amides is 3. The summed E-state index contributed by atoms with van der Waals surface area (Å²) in [5, 5.41) is 5.21. The predicted molar refractivity (Wildman–Crippen MR) is 76.2 cm³/mol. The molecule has 0 aliphatic heterocycles. The lowest BCUT2D eigenvalue weighted by Crippen LogP contribution is -2.51. The summed E-state index contributed by atoms with van der Waals surface area (Å²) in [6.07, 6.45) is 0. The van der Waals surface area contributed by atoms with E-state index in [9.17, 15) is 9.59 Å². The number of rotatable bonds is 6. The van der Waals surface area contributed by atoms with Crippen molar-refractivity contribution in [2.24, 2.45) is 11.7 Å². The Morgan fingerprint density at radius 1 is 1.25 bits per heavy atom. The van der Waals surface area contributed by atoms with Crippen molar-refractivity contribution in [1.82, 2.24) is 10.6 Å². The van der Waals surface area contributed by atoms with Gasteiger partial charge in [-0.3, -0.25) is 4.79 Å². The minimum Gasteiger partial charge on any atom is -0.497 e. The molecule has 6 nitrogen and oxygen atoms in total. The third-order valence-electron chi connectivity index (χ3n) is 2.87. The van der Waals surface area contributed by atoms with Crippen molar-refractivity contribution in [2.75, 3.05) is 7.11 Å². The number of benzene rings is 1. The van der Waals surface area contributed by atoms with Crippen LogP contribution in [-0.4, -0.2) is 25.1 Å². The number of nitrogens with two attached hydrogens (primary N) is 1. The highest BCUT2D eigenvalue weighted by molar-refractivity contribution is 5.86. The molecule has 4 N–H and O–H groups in total. The second kappa shape index (κ2) is 7.37. The van der Waals surface area contributed by atoms with Gasteiger partial charge in [0.2, 0.25) is 5.91 Å². The maximum atomic E-state index is 12.0. The van der Waals surface area contributed by atoms with Crippen molar-refractivity contribution < 1.29 is 14.3 Å². The smallest absolute Gasteiger partial charge is 0.312 e. The van der Waals surface area contributed by atoms with Crippen LogP contribution in [0, 0.1) is 5.92 Å². The highest BCUT2D eigenvalue weighted by Gasteiger charge is 2.22. The minimum absolute atomic E-state index is 0.0432. The van der Waals surface area contributed by atoms with Gasteiger partial charge in [0.05, 0.1) is 7.11 Å². The van der Waals surface area contributed by atoms with E-state index in [2.05, 4.69) is 10.6 Å². The van der Waals surface area contributed by atoms with Crippen molar-refractivity contribution in [3.63, 3.8) is 0 Å². The van der Waals surface area contributed by atoms with Crippen molar-refractivity contribution >= 4 is 11.9 Å². The van der Waals surface area contributed by atoms with Gasteiger partial charge in [-0.2, -0.15) is 0 Å². The fourth-order valence-corrected chi connectivity index (χ4v) is 1.73. The molecule has 0 aromatic heterocycles. The Morgan fingerprint density at radius 3 is 2.30 bits per heavy atom. The van der Waals surface area contributed by atoms with Crippen molar-refractivity contribution in [3.8, 4) is 5.75 Å². The first kappa shape index (κ1) is 15.8. The number of hydrogen-bond donors (Lipinski definition) is 3. The third kappa shape index (κ3) is 4.79. The molecule has 1 unspecified atom stereocenters. The maximum absolute atomic E-state index is 12.0. The van der Waals surface area contributed by atoms with Crippen LogP contribution in [0.15, 0.2) is 24.3 Å². The van der Waals surface area contributed by atoms with Crippen molar-refractivity contribution in [2.45, 2.75) is 26.4 Å². The van der Waals surface area contributed by atoms with Crippen LogP contribution in [-0.2, 0) is 11.3 Å². The fraction of sp³-hybridized carbons (Fsp3) is 0.429. The van der Waals surface area contributed by atoms with E-state index in [0.29, 0.717) is 6.54 Å². The summed E-state index contributed by atoms with van der Waals surface area (Å²) in [4.78, 5) is 22.9. The average Bonchev–Trinajstić information content (AvgIpc) is 2.42. The molecule has 1 rings (SSSR count). The summed E-state index contributed by atoms with van der Waals surface area (Å²) in [6, 6.07) is 6.04. The second-order valence-corrected chi connectivity index (χ2v) is 4.80. The van der Waals surface area contributed by atoms with E-state index in [1.54, 1.807) is 7.11 Å². The number of urea groups is 1. The zero-order valence-electron chi connectivity index (χ0n) is 12.0. The molecule has 0 bridgehead atoms. The first-order valence-electron chi connectivity index (χ1n) is 6.40. The SMILES string of the molecule is COc1ccc(CNC(=O)C(NC(N)=O)C(C)C)cc1. The molecule has 0 saturated heterocycles. The highest BCUT2D eigenvalue weighted by atomic mass is 16.5. The number of carbonyl (C=O) groups excluding carboxylic acids is 2. The molecule has 1 atom stereocenters. The Bertz CT molecular complexity index is 457. The zero-order valence-corrected chi connectivity index (χ0v) is 12.0. The molecule has 0 radical (unpaired) electrons. The van der Waals surface area contributed by atoms with E-state index in [1.807, 2.05) is 38.1 Å². The summed E-state index contributed by atoms with van der Waals surface area (Å²) >= 11 is 0.